The Morgan fingerprint density at radius 3 is 2.62 bits per heavy atom. The van der Waals surface area contributed by atoms with Crippen LogP contribution >= 0.6 is 0 Å². The Kier molecular flexibility index (Phi) is 4.99. The Hall–Kier alpha value is -4.26. The maximum atomic E-state index is 13.2. The zero-order chi connectivity index (χ0) is 22.1. The van der Waals surface area contributed by atoms with E-state index in [1.807, 2.05) is 85.1 Å². The van der Waals surface area contributed by atoms with Crippen LogP contribution in [-0.4, -0.2) is 25.5 Å². The standard InChI is InChI=1S/C25H21N5O2/c1-16-10-12-18(13-11-16)21-15-26-25(32-21)20-8-4-3-7-19(20)24(31)27-17(2)23-29-28-22-9-5-6-14-30(22)23/h3-15,17H,1-2H3,(H,27,31). The summed E-state index contributed by atoms with van der Waals surface area (Å²) in [7, 11) is 0. The van der Waals surface area contributed by atoms with Gasteiger partial charge in [-0.25, -0.2) is 4.98 Å². The van der Waals surface area contributed by atoms with E-state index in [1.165, 1.54) is 5.56 Å². The number of nitrogens with one attached hydrogen (secondary N) is 1. The first-order chi connectivity index (χ1) is 15.6. The fourth-order valence-corrected chi connectivity index (χ4v) is 3.61. The number of benzene rings is 2. The first-order valence-electron chi connectivity index (χ1n) is 10.3. The van der Waals surface area contributed by atoms with Gasteiger partial charge in [0, 0.05) is 17.3 Å². The van der Waals surface area contributed by atoms with Crippen LogP contribution < -0.4 is 5.32 Å². The van der Waals surface area contributed by atoms with Gasteiger partial charge in [-0.2, -0.15) is 0 Å². The Labute approximate surface area is 184 Å². The lowest BCUT2D eigenvalue weighted by molar-refractivity contribution is 0.0938. The molecule has 0 saturated carbocycles. The highest BCUT2D eigenvalue weighted by molar-refractivity contribution is 6.00. The van der Waals surface area contributed by atoms with Crippen LogP contribution in [0.1, 0.15) is 34.7 Å². The summed E-state index contributed by atoms with van der Waals surface area (Å²) in [5, 5.41) is 11.4. The molecule has 1 amide bonds. The number of carbonyl (C=O) groups excluding carboxylic acids is 1. The predicted molar refractivity (Wildman–Crippen MR) is 121 cm³/mol. The van der Waals surface area contributed by atoms with Gasteiger partial charge in [0.2, 0.25) is 5.89 Å². The summed E-state index contributed by atoms with van der Waals surface area (Å²) in [5.74, 6) is 1.46. The van der Waals surface area contributed by atoms with Crippen LogP contribution in [0.25, 0.3) is 28.4 Å². The van der Waals surface area contributed by atoms with Crippen molar-refractivity contribution in [1.29, 1.82) is 0 Å². The maximum absolute atomic E-state index is 13.2. The highest BCUT2D eigenvalue weighted by Gasteiger charge is 2.21. The number of hydrogen-bond donors (Lipinski definition) is 1. The van der Waals surface area contributed by atoms with Crippen molar-refractivity contribution in [3.8, 4) is 22.8 Å². The van der Waals surface area contributed by atoms with Crippen LogP contribution in [0.3, 0.4) is 0 Å². The quantitative estimate of drug-likeness (QED) is 0.437. The topological polar surface area (TPSA) is 85.3 Å². The number of hydrogen-bond acceptors (Lipinski definition) is 5. The van der Waals surface area contributed by atoms with Gasteiger partial charge in [0.05, 0.1) is 17.8 Å². The molecule has 0 bridgehead atoms. The normalized spacial score (nSPS) is 12.1. The third-order valence-electron chi connectivity index (χ3n) is 5.32. The minimum atomic E-state index is -0.347. The highest BCUT2D eigenvalue weighted by Crippen LogP contribution is 2.28. The Balaban J connectivity index is 1.42. The molecule has 1 N–H and O–H groups in total. The summed E-state index contributed by atoms with van der Waals surface area (Å²) >= 11 is 0. The van der Waals surface area contributed by atoms with Crippen LogP contribution in [0.5, 0.6) is 0 Å². The second kappa shape index (κ2) is 8.11. The lowest BCUT2D eigenvalue weighted by Crippen LogP contribution is -2.28. The molecule has 32 heavy (non-hydrogen) atoms. The number of fused-ring (bicyclic) bond motifs is 1. The van der Waals surface area contributed by atoms with Crippen LogP contribution in [0.4, 0.5) is 0 Å². The van der Waals surface area contributed by atoms with Gasteiger partial charge in [-0.15, -0.1) is 10.2 Å². The molecule has 1 unspecified atom stereocenters. The van der Waals surface area contributed by atoms with E-state index < -0.39 is 0 Å². The second-order valence-corrected chi connectivity index (χ2v) is 7.62. The number of oxazole rings is 1. The van der Waals surface area contributed by atoms with Gasteiger partial charge < -0.3 is 9.73 Å². The van der Waals surface area contributed by atoms with Crippen LogP contribution in [0.2, 0.25) is 0 Å². The molecular weight excluding hydrogens is 402 g/mol. The SMILES string of the molecule is Cc1ccc(-c2cnc(-c3ccccc3C(=O)NC(C)c3nnc4ccccn34)o2)cc1. The summed E-state index contributed by atoms with van der Waals surface area (Å²) in [6, 6.07) is 20.6. The van der Waals surface area contributed by atoms with Crippen molar-refractivity contribution in [3.05, 3.63) is 96.1 Å². The number of aryl methyl sites for hydroxylation is 1. The first-order valence-corrected chi connectivity index (χ1v) is 10.3. The lowest BCUT2D eigenvalue weighted by atomic mass is 10.1. The summed E-state index contributed by atoms with van der Waals surface area (Å²) in [6.45, 7) is 3.92. The fraction of sp³-hybridized carbons (Fsp3) is 0.120. The zero-order valence-electron chi connectivity index (χ0n) is 17.7. The number of carbonyl (C=O) groups is 1. The van der Waals surface area contributed by atoms with Crippen molar-refractivity contribution in [3.63, 3.8) is 0 Å². The van der Waals surface area contributed by atoms with E-state index in [0.29, 0.717) is 28.6 Å². The monoisotopic (exact) mass is 423 g/mol. The Bertz CT molecular complexity index is 1400. The molecular formula is C25H21N5O2. The average molecular weight is 423 g/mol. The van der Waals surface area contributed by atoms with Gasteiger partial charge >= 0.3 is 0 Å². The molecule has 2 aromatic carbocycles. The summed E-state index contributed by atoms with van der Waals surface area (Å²) < 4.78 is 7.86. The molecule has 0 radical (unpaired) electrons. The van der Waals surface area contributed by atoms with Crippen LogP contribution in [-0.2, 0) is 0 Å². The molecule has 0 aliphatic rings. The average Bonchev–Trinajstić information content (AvgIpc) is 3.47. The molecule has 158 valence electrons. The largest absolute Gasteiger partial charge is 0.436 e. The molecule has 3 aromatic heterocycles. The van der Waals surface area contributed by atoms with Gasteiger partial charge in [-0.05, 0) is 38.1 Å². The molecule has 5 rings (SSSR count). The van der Waals surface area contributed by atoms with E-state index in [1.54, 1.807) is 12.3 Å². The van der Waals surface area contributed by atoms with Gasteiger partial charge in [0.25, 0.3) is 5.91 Å². The minimum Gasteiger partial charge on any atom is -0.436 e. The van der Waals surface area contributed by atoms with E-state index in [4.69, 9.17) is 4.42 Å². The molecule has 7 heteroatoms. The van der Waals surface area contributed by atoms with E-state index in [0.717, 1.165) is 11.2 Å². The Morgan fingerprint density at radius 1 is 1.00 bits per heavy atom. The van der Waals surface area contributed by atoms with Crippen molar-refractivity contribution in [2.24, 2.45) is 0 Å². The van der Waals surface area contributed by atoms with Crippen molar-refractivity contribution in [1.82, 2.24) is 24.9 Å². The molecule has 7 nitrogen and oxygen atoms in total. The lowest BCUT2D eigenvalue weighted by Gasteiger charge is -2.13. The van der Waals surface area contributed by atoms with Crippen LogP contribution in [0.15, 0.2) is 83.5 Å². The number of nitrogens with zero attached hydrogens (tertiary/aromatic N) is 4. The summed E-state index contributed by atoms with van der Waals surface area (Å²) in [6.07, 6.45) is 3.56. The number of aromatic nitrogens is 4. The van der Waals surface area contributed by atoms with Gasteiger partial charge in [0.1, 0.15) is 0 Å². The molecule has 1 atom stereocenters. The third-order valence-corrected chi connectivity index (χ3v) is 5.32. The Morgan fingerprint density at radius 2 is 1.78 bits per heavy atom. The van der Waals surface area contributed by atoms with Crippen molar-refractivity contribution in [2.45, 2.75) is 19.9 Å². The first kappa shape index (κ1) is 19.7. The zero-order valence-corrected chi connectivity index (χ0v) is 17.7. The van der Waals surface area contributed by atoms with Crippen LogP contribution in [0, 0.1) is 6.92 Å². The van der Waals surface area contributed by atoms with Crippen molar-refractivity contribution in [2.75, 3.05) is 0 Å². The fourth-order valence-electron chi connectivity index (χ4n) is 3.61. The maximum Gasteiger partial charge on any atom is 0.252 e. The van der Waals surface area contributed by atoms with E-state index >= 15 is 0 Å². The smallest absolute Gasteiger partial charge is 0.252 e. The van der Waals surface area contributed by atoms with E-state index in [9.17, 15) is 4.79 Å². The van der Waals surface area contributed by atoms with Crippen molar-refractivity contribution < 1.29 is 9.21 Å². The third kappa shape index (κ3) is 3.65. The molecule has 0 spiro atoms. The van der Waals surface area contributed by atoms with Gasteiger partial charge in [-0.3, -0.25) is 9.20 Å². The number of amides is 1. The second-order valence-electron chi connectivity index (χ2n) is 7.62. The molecule has 0 aliphatic carbocycles. The van der Waals surface area contributed by atoms with Crippen molar-refractivity contribution >= 4 is 11.6 Å². The van der Waals surface area contributed by atoms with E-state index in [-0.39, 0.29) is 11.9 Å². The molecule has 0 saturated heterocycles. The number of rotatable bonds is 5. The van der Waals surface area contributed by atoms with Gasteiger partial charge in [0.15, 0.2) is 17.2 Å². The summed E-state index contributed by atoms with van der Waals surface area (Å²) in [5.41, 5.74) is 3.94. The molecule has 3 heterocycles. The molecule has 5 aromatic rings. The molecule has 0 aliphatic heterocycles. The predicted octanol–water partition coefficient (Wildman–Crippen LogP) is 4.85. The molecule has 0 fully saturated rings. The summed E-state index contributed by atoms with van der Waals surface area (Å²) in [4.78, 5) is 17.6. The highest BCUT2D eigenvalue weighted by atomic mass is 16.4. The van der Waals surface area contributed by atoms with E-state index in [2.05, 4.69) is 20.5 Å². The van der Waals surface area contributed by atoms with Gasteiger partial charge in [-0.1, -0.05) is 48.0 Å². The number of pyridine rings is 1. The minimum absolute atomic E-state index is 0.240.